The maximum Gasteiger partial charge on any atom is 0.254 e. The van der Waals surface area contributed by atoms with E-state index in [-0.39, 0.29) is 17.7 Å². The van der Waals surface area contributed by atoms with Crippen LogP contribution in [0.3, 0.4) is 0 Å². The highest BCUT2D eigenvalue weighted by molar-refractivity contribution is 9.10. The standard InChI is InChI=1S/C22H23BrN2O3/c23-18-9-7-16(8-10-18)22(27)25-11-3-5-19(25)21(26)24-13-15-12-17-4-1-2-6-20(17)28-14-15/h1-2,4,6-10,15,19H,3,5,11-14H2,(H,24,26). The third-order valence-corrected chi connectivity index (χ3v) is 5.96. The summed E-state index contributed by atoms with van der Waals surface area (Å²) in [5, 5.41) is 3.05. The summed E-state index contributed by atoms with van der Waals surface area (Å²) in [6.07, 6.45) is 2.45. The van der Waals surface area contributed by atoms with Crippen LogP contribution in [-0.4, -0.2) is 42.5 Å². The van der Waals surface area contributed by atoms with E-state index < -0.39 is 6.04 Å². The van der Waals surface area contributed by atoms with Crippen molar-refractivity contribution in [2.24, 2.45) is 5.92 Å². The highest BCUT2D eigenvalue weighted by atomic mass is 79.9. The molecule has 0 aromatic heterocycles. The Bertz CT molecular complexity index is 868. The number of amides is 2. The molecule has 0 bridgehead atoms. The maximum absolute atomic E-state index is 12.8. The normalized spacial score (nSPS) is 21.0. The largest absolute Gasteiger partial charge is 0.493 e. The van der Waals surface area contributed by atoms with Crippen molar-refractivity contribution in [1.82, 2.24) is 10.2 Å². The lowest BCUT2D eigenvalue weighted by Gasteiger charge is -2.27. The number of likely N-dealkylation sites (tertiary alicyclic amines) is 1. The molecule has 28 heavy (non-hydrogen) atoms. The maximum atomic E-state index is 12.8. The van der Waals surface area contributed by atoms with E-state index in [1.807, 2.05) is 30.3 Å². The second kappa shape index (κ2) is 8.35. The fraction of sp³-hybridized carbons (Fsp3) is 0.364. The summed E-state index contributed by atoms with van der Waals surface area (Å²) in [6, 6.07) is 14.9. The molecule has 2 atom stereocenters. The van der Waals surface area contributed by atoms with Crippen LogP contribution in [0.4, 0.5) is 0 Å². The summed E-state index contributed by atoms with van der Waals surface area (Å²) in [5.74, 6) is 1.03. The summed E-state index contributed by atoms with van der Waals surface area (Å²) in [7, 11) is 0. The van der Waals surface area contributed by atoms with Crippen molar-refractivity contribution in [3.63, 3.8) is 0 Å². The number of fused-ring (bicyclic) bond motifs is 1. The second-order valence-electron chi connectivity index (χ2n) is 7.40. The monoisotopic (exact) mass is 442 g/mol. The Morgan fingerprint density at radius 3 is 2.75 bits per heavy atom. The molecule has 5 nitrogen and oxygen atoms in total. The van der Waals surface area contributed by atoms with E-state index in [1.54, 1.807) is 17.0 Å². The van der Waals surface area contributed by atoms with Crippen molar-refractivity contribution in [1.29, 1.82) is 0 Å². The number of halogens is 1. The van der Waals surface area contributed by atoms with E-state index in [1.165, 1.54) is 5.56 Å². The predicted molar refractivity (Wildman–Crippen MR) is 110 cm³/mol. The van der Waals surface area contributed by atoms with Crippen LogP contribution in [0, 0.1) is 5.92 Å². The van der Waals surface area contributed by atoms with Gasteiger partial charge in [0.05, 0.1) is 6.61 Å². The van der Waals surface area contributed by atoms with Crippen LogP contribution in [-0.2, 0) is 11.2 Å². The molecule has 1 N–H and O–H groups in total. The van der Waals surface area contributed by atoms with Gasteiger partial charge in [-0.3, -0.25) is 9.59 Å². The number of carbonyl (C=O) groups excluding carboxylic acids is 2. The molecule has 2 aliphatic heterocycles. The molecule has 146 valence electrons. The number of carbonyl (C=O) groups is 2. The molecule has 0 aliphatic carbocycles. The first-order valence-electron chi connectivity index (χ1n) is 9.67. The average molecular weight is 443 g/mol. The molecule has 0 saturated carbocycles. The first-order valence-corrected chi connectivity index (χ1v) is 10.5. The number of nitrogens with one attached hydrogen (secondary N) is 1. The highest BCUT2D eigenvalue weighted by Gasteiger charge is 2.34. The van der Waals surface area contributed by atoms with Crippen LogP contribution in [0.2, 0.25) is 0 Å². The van der Waals surface area contributed by atoms with Crippen LogP contribution in [0.1, 0.15) is 28.8 Å². The van der Waals surface area contributed by atoms with Crippen LogP contribution < -0.4 is 10.1 Å². The third kappa shape index (κ3) is 4.07. The van der Waals surface area contributed by atoms with Crippen molar-refractivity contribution in [3.05, 3.63) is 64.1 Å². The van der Waals surface area contributed by atoms with Crippen molar-refractivity contribution >= 4 is 27.7 Å². The van der Waals surface area contributed by atoms with E-state index in [2.05, 4.69) is 27.3 Å². The van der Waals surface area contributed by atoms with Gasteiger partial charge in [0, 0.05) is 29.0 Å². The molecule has 2 aromatic rings. The van der Waals surface area contributed by atoms with Gasteiger partial charge in [-0.25, -0.2) is 0 Å². The molecule has 2 amide bonds. The van der Waals surface area contributed by atoms with E-state index in [4.69, 9.17) is 4.74 Å². The van der Waals surface area contributed by atoms with Crippen LogP contribution in [0.25, 0.3) is 0 Å². The number of hydrogen-bond donors (Lipinski definition) is 1. The summed E-state index contributed by atoms with van der Waals surface area (Å²) < 4.78 is 6.73. The number of nitrogens with zero attached hydrogens (tertiary/aromatic N) is 1. The van der Waals surface area contributed by atoms with Gasteiger partial charge in [0.1, 0.15) is 11.8 Å². The molecular formula is C22H23BrN2O3. The van der Waals surface area contributed by atoms with Crippen molar-refractivity contribution in [2.45, 2.75) is 25.3 Å². The molecule has 2 aliphatic rings. The number of para-hydroxylation sites is 1. The zero-order chi connectivity index (χ0) is 19.5. The molecule has 1 saturated heterocycles. The second-order valence-corrected chi connectivity index (χ2v) is 8.31. The minimum atomic E-state index is -0.395. The van der Waals surface area contributed by atoms with Crippen LogP contribution in [0.15, 0.2) is 53.0 Å². The molecule has 1 fully saturated rings. The highest BCUT2D eigenvalue weighted by Crippen LogP contribution is 2.27. The first kappa shape index (κ1) is 19.0. The predicted octanol–water partition coefficient (Wildman–Crippen LogP) is 3.42. The van der Waals surface area contributed by atoms with Crippen LogP contribution in [0.5, 0.6) is 5.75 Å². The van der Waals surface area contributed by atoms with Gasteiger partial charge in [-0.05, 0) is 55.2 Å². The van der Waals surface area contributed by atoms with Crippen molar-refractivity contribution < 1.29 is 14.3 Å². The average Bonchev–Trinajstić information content (AvgIpc) is 3.22. The fourth-order valence-corrected chi connectivity index (χ4v) is 4.19. The first-order chi connectivity index (χ1) is 13.6. The summed E-state index contributed by atoms with van der Waals surface area (Å²) in [4.78, 5) is 27.3. The zero-order valence-electron chi connectivity index (χ0n) is 15.6. The lowest BCUT2D eigenvalue weighted by Crippen LogP contribution is -2.47. The van der Waals surface area contributed by atoms with E-state index in [9.17, 15) is 9.59 Å². The van der Waals surface area contributed by atoms with Crippen LogP contribution >= 0.6 is 15.9 Å². The smallest absolute Gasteiger partial charge is 0.254 e. The Morgan fingerprint density at radius 1 is 1.14 bits per heavy atom. The minimum absolute atomic E-state index is 0.0678. The molecule has 6 heteroatoms. The van der Waals surface area contributed by atoms with Gasteiger partial charge in [-0.2, -0.15) is 0 Å². The lowest BCUT2D eigenvalue weighted by molar-refractivity contribution is -0.125. The van der Waals surface area contributed by atoms with Gasteiger partial charge in [-0.15, -0.1) is 0 Å². The number of benzene rings is 2. The van der Waals surface area contributed by atoms with E-state index in [0.717, 1.165) is 23.1 Å². The Labute approximate surface area is 173 Å². The Balaban J connectivity index is 1.35. The molecule has 2 heterocycles. The van der Waals surface area contributed by atoms with Crippen molar-refractivity contribution in [2.75, 3.05) is 19.7 Å². The number of hydrogen-bond acceptors (Lipinski definition) is 3. The third-order valence-electron chi connectivity index (χ3n) is 5.43. The molecule has 2 unspecified atom stereocenters. The quantitative estimate of drug-likeness (QED) is 0.788. The molecular weight excluding hydrogens is 420 g/mol. The van der Waals surface area contributed by atoms with E-state index in [0.29, 0.717) is 31.7 Å². The Morgan fingerprint density at radius 2 is 1.93 bits per heavy atom. The van der Waals surface area contributed by atoms with Gasteiger partial charge in [0.15, 0.2) is 0 Å². The summed E-state index contributed by atoms with van der Waals surface area (Å²) in [6.45, 7) is 1.78. The Kier molecular flexibility index (Phi) is 5.67. The minimum Gasteiger partial charge on any atom is -0.493 e. The number of ether oxygens (including phenoxy) is 1. The summed E-state index contributed by atoms with van der Waals surface area (Å²) >= 11 is 3.38. The zero-order valence-corrected chi connectivity index (χ0v) is 17.2. The van der Waals surface area contributed by atoms with Gasteiger partial charge >= 0.3 is 0 Å². The summed E-state index contributed by atoms with van der Waals surface area (Å²) in [5.41, 5.74) is 1.79. The topological polar surface area (TPSA) is 58.6 Å². The molecule has 0 spiro atoms. The molecule has 4 rings (SSSR count). The van der Waals surface area contributed by atoms with Gasteiger partial charge in [0.25, 0.3) is 5.91 Å². The lowest BCUT2D eigenvalue weighted by atomic mass is 9.96. The number of rotatable bonds is 4. The SMILES string of the molecule is O=C(NCC1COc2ccccc2C1)C1CCCN1C(=O)c1ccc(Br)cc1. The van der Waals surface area contributed by atoms with Crippen molar-refractivity contribution in [3.8, 4) is 5.75 Å². The van der Waals surface area contributed by atoms with Gasteiger partial charge < -0.3 is 15.0 Å². The van der Waals surface area contributed by atoms with Gasteiger partial charge in [-0.1, -0.05) is 34.1 Å². The Hall–Kier alpha value is -2.34. The van der Waals surface area contributed by atoms with Gasteiger partial charge in [0.2, 0.25) is 5.91 Å². The van der Waals surface area contributed by atoms with E-state index >= 15 is 0 Å². The fourth-order valence-electron chi connectivity index (χ4n) is 3.93. The molecule has 0 radical (unpaired) electrons. The molecule has 2 aromatic carbocycles.